The molecule has 128 valence electrons. The van der Waals surface area contributed by atoms with Gasteiger partial charge < -0.3 is 28.4 Å². The third kappa shape index (κ3) is 13.2. The van der Waals surface area contributed by atoms with Crippen LogP contribution in [0.4, 0.5) is 0 Å². The van der Waals surface area contributed by atoms with Crippen LogP contribution in [0, 0.1) is 0 Å². The van der Waals surface area contributed by atoms with Crippen molar-refractivity contribution >= 4 is 0 Å². The normalized spacial score (nSPS) is 11.7. The van der Waals surface area contributed by atoms with Crippen LogP contribution < -0.4 is 0 Å². The Balaban J connectivity index is 3.96. The summed E-state index contributed by atoms with van der Waals surface area (Å²) in [6.07, 6.45) is -0.241. The molecule has 0 spiro atoms. The Bertz CT molecular complexity index is 167. The van der Waals surface area contributed by atoms with Gasteiger partial charge in [-0.1, -0.05) is 0 Å². The van der Waals surface area contributed by atoms with Gasteiger partial charge in [-0.25, -0.2) is 0 Å². The molecule has 0 fully saturated rings. The predicted octanol–water partition coefficient (Wildman–Crippen LogP) is 1.86. The molecule has 0 aliphatic rings. The van der Waals surface area contributed by atoms with Gasteiger partial charge in [-0.15, -0.1) is 0 Å². The van der Waals surface area contributed by atoms with Gasteiger partial charge in [0, 0.05) is 26.4 Å². The summed E-state index contributed by atoms with van der Waals surface area (Å²) in [4.78, 5) is 0. The van der Waals surface area contributed by atoms with Crippen molar-refractivity contribution in [1.29, 1.82) is 0 Å². The highest BCUT2D eigenvalue weighted by atomic mass is 16.7. The lowest BCUT2D eigenvalue weighted by atomic mass is 10.4. The van der Waals surface area contributed by atoms with Crippen LogP contribution >= 0.6 is 0 Å². The smallest absolute Gasteiger partial charge is 0.147 e. The van der Waals surface area contributed by atoms with Crippen LogP contribution in [0.25, 0.3) is 0 Å². The fourth-order valence-corrected chi connectivity index (χ4v) is 1.52. The van der Waals surface area contributed by atoms with E-state index < -0.39 is 0 Å². The first-order valence-corrected chi connectivity index (χ1v) is 7.82. The molecule has 0 bridgehead atoms. The lowest BCUT2D eigenvalue weighted by Gasteiger charge is -2.21. The molecule has 0 amide bonds. The Morgan fingerprint density at radius 1 is 0.524 bits per heavy atom. The summed E-state index contributed by atoms with van der Waals surface area (Å²) in [5, 5.41) is 0. The van der Waals surface area contributed by atoms with E-state index in [1.54, 1.807) is 0 Å². The fraction of sp³-hybridized carbons (Fsp3) is 1.00. The van der Waals surface area contributed by atoms with Crippen LogP contribution in [0.2, 0.25) is 0 Å². The average molecular weight is 308 g/mol. The summed E-state index contributed by atoms with van der Waals surface area (Å²) in [7, 11) is 0. The molecular formula is C15H32O6. The summed E-state index contributed by atoms with van der Waals surface area (Å²) in [5.41, 5.74) is 0. The maximum Gasteiger partial charge on any atom is 0.147 e. The second-order valence-electron chi connectivity index (χ2n) is 4.33. The van der Waals surface area contributed by atoms with Crippen LogP contribution in [0.5, 0.6) is 0 Å². The SMILES string of the molecule is CCOCC(COCC)OCOC(COCC)COCC. The second kappa shape index (κ2) is 16.1. The summed E-state index contributed by atoms with van der Waals surface area (Å²) in [6, 6.07) is 0. The number of hydrogen-bond donors (Lipinski definition) is 0. The molecule has 0 aromatic rings. The Morgan fingerprint density at radius 2 is 0.810 bits per heavy atom. The van der Waals surface area contributed by atoms with Crippen molar-refractivity contribution < 1.29 is 28.4 Å². The zero-order valence-electron chi connectivity index (χ0n) is 14.0. The molecule has 0 N–H and O–H groups in total. The van der Waals surface area contributed by atoms with Crippen molar-refractivity contribution in [2.45, 2.75) is 39.9 Å². The molecule has 0 unspecified atom stereocenters. The topological polar surface area (TPSA) is 55.4 Å². The predicted molar refractivity (Wildman–Crippen MR) is 80.6 cm³/mol. The molecule has 0 radical (unpaired) electrons. The molecule has 0 atom stereocenters. The molecule has 0 rings (SSSR count). The maximum atomic E-state index is 5.65. The zero-order valence-corrected chi connectivity index (χ0v) is 14.0. The van der Waals surface area contributed by atoms with E-state index in [-0.39, 0.29) is 19.0 Å². The van der Waals surface area contributed by atoms with Crippen LogP contribution in [0.15, 0.2) is 0 Å². The Kier molecular flexibility index (Phi) is 16.0. The number of hydrogen-bond acceptors (Lipinski definition) is 6. The molecule has 21 heavy (non-hydrogen) atoms. The van der Waals surface area contributed by atoms with E-state index in [2.05, 4.69) is 0 Å². The van der Waals surface area contributed by atoms with E-state index in [0.29, 0.717) is 52.9 Å². The third-order valence-electron chi connectivity index (χ3n) is 2.64. The van der Waals surface area contributed by atoms with E-state index in [0.717, 1.165) is 0 Å². The lowest BCUT2D eigenvalue weighted by Crippen LogP contribution is -2.31. The van der Waals surface area contributed by atoms with Crippen LogP contribution in [-0.2, 0) is 28.4 Å². The van der Waals surface area contributed by atoms with Gasteiger partial charge in [0.05, 0.1) is 26.4 Å². The largest absolute Gasteiger partial charge is 0.379 e. The van der Waals surface area contributed by atoms with Gasteiger partial charge in [0.1, 0.15) is 19.0 Å². The van der Waals surface area contributed by atoms with Gasteiger partial charge in [0.25, 0.3) is 0 Å². The molecule has 0 aromatic heterocycles. The van der Waals surface area contributed by atoms with Crippen molar-refractivity contribution in [1.82, 2.24) is 0 Å². The highest BCUT2D eigenvalue weighted by Crippen LogP contribution is 2.00. The van der Waals surface area contributed by atoms with Crippen LogP contribution in [0.1, 0.15) is 27.7 Å². The number of rotatable bonds is 16. The molecular weight excluding hydrogens is 276 g/mol. The highest BCUT2D eigenvalue weighted by molar-refractivity contribution is 4.56. The summed E-state index contributed by atoms with van der Waals surface area (Å²) in [6.45, 7) is 12.6. The maximum absolute atomic E-state index is 5.65. The minimum atomic E-state index is -0.121. The van der Waals surface area contributed by atoms with Gasteiger partial charge in [-0.2, -0.15) is 0 Å². The van der Waals surface area contributed by atoms with Crippen molar-refractivity contribution in [3.05, 3.63) is 0 Å². The Morgan fingerprint density at radius 3 is 1.05 bits per heavy atom. The fourth-order valence-electron chi connectivity index (χ4n) is 1.52. The third-order valence-corrected chi connectivity index (χ3v) is 2.64. The van der Waals surface area contributed by atoms with Crippen molar-refractivity contribution in [3.63, 3.8) is 0 Å². The second-order valence-corrected chi connectivity index (χ2v) is 4.33. The minimum Gasteiger partial charge on any atom is -0.379 e. The molecule has 0 aromatic carbocycles. The number of ether oxygens (including phenoxy) is 6. The summed E-state index contributed by atoms with van der Waals surface area (Å²) < 4.78 is 32.8. The van der Waals surface area contributed by atoms with Crippen LogP contribution in [-0.4, -0.2) is 71.9 Å². The highest BCUT2D eigenvalue weighted by Gasteiger charge is 2.13. The first kappa shape index (κ1) is 20.8. The molecule has 0 heterocycles. The van der Waals surface area contributed by atoms with Gasteiger partial charge in [0.2, 0.25) is 0 Å². The van der Waals surface area contributed by atoms with E-state index in [1.165, 1.54) is 0 Å². The van der Waals surface area contributed by atoms with Crippen molar-refractivity contribution in [2.24, 2.45) is 0 Å². The Hall–Kier alpha value is -0.240. The molecule has 0 aliphatic carbocycles. The Labute approximate surface area is 129 Å². The zero-order chi connectivity index (χ0) is 15.8. The van der Waals surface area contributed by atoms with E-state index >= 15 is 0 Å². The average Bonchev–Trinajstić information content (AvgIpc) is 2.51. The first-order valence-electron chi connectivity index (χ1n) is 7.82. The van der Waals surface area contributed by atoms with Gasteiger partial charge >= 0.3 is 0 Å². The van der Waals surface area contributed by atoms with Crippen molar-refractivity contribution in [2.75, 3.05) is 59.6 Å². The van der Waals surface area contributed by atoms with Crippen molar-refractivity contribution in [3.8, 4) is 0 Å². The van der Waals surface area contributed by atoms with Crippen LogP contribution in [0.3, 0.4) is 0 Å². The van der Waals surface area contributed by atoms with Gasteiger partial charge in [-0.05, 0) is 27.7 Å². The quantitative estimate of drug-likeness (QED) is 0.406. The first-order chi connectivity index (χ1) is 10.3. The van der Waals surface area contributed by atoms with E-state index in [1.807, 2.05) is 27.7 Å². The van der Waals surface area contributed by atoms with Gasteiger partial charge in [-0.3, -0.25) is 0 Å². The molecule has 6 nitrogen and oxygen atoms in total. The summed E-state index contributed by atoms with van der Waals surface area (Å²) in [5.74, 6) is 0. The van der Waals surface area contributed by atoms with E-state index in [4.69, 9.17) is 28.4 Å². The van der Waals surface area contributed by atoms with Gasteiger partial charge in [0.15, 0.2) is 0 Å². The molecule has 0 saturated carbocycles. The van der Waals surface area contributed by atoms with E-state index in [9.17, 15) is 0 Å². The minimum absolute atomic E-state index is 0.121. The monoisotopic (exact) mass is 308 g/mol. The molecule has 6 heteroatoms. The summed E-state index contributed by atoms with van der Waals surface area (Å²) >= 11 is 0. The molecule has 0 aliphatic heterocycles. The standard InChI is InChI=1S/C15H32O6/c1-5-16-9-14(10-17-6-2)20-13-21-15(11-18-7-3)12-19-8-4/h14-15H,5-13H2,1-4H3. The molecule has 0 saturated heterocycles. The lowest BCUT2D eigenvalue weighted by molar-refractivity contribution is -0.167.